The minimum absolute atomic E-state index is 0.0458. The number of hydrogen-bond donors (Lipinski definition) is 2. The van der Waals surface area contributed by atoms with Crippen molar-refractivity contribution < 1.29 is 14.7 Å². The minimum atomic E-state index is -0.938. The minimum Gasteiger partial charge on any atom is -0.480 e. The van der Waals surface area contributed by atoms with E-state index < -0.39 is 12.0 Å². The fourth-order valence-corrected chi connectivity index (χ4v) is 3.28. The molecule has 0 aliphatic carbocycles. The Labute approximate surface area is 173 Å². The van der Waals surface area contributed by atoms with Crippen LogP contribution in [-0.4, -0.2) is 23.0 Å². The molecule has 0 bridgehead atoms. The second-order valence-corrected chi connectivity index (χ2v) is 8.10. The Morgan fingerprint density at radius 1 is 0.821 bits per heavy atom. The van der Waals surface area contributed by atoms with Crippen LogP contribution in [0.1, 0.15) is 117 Å². The Morgan fingerprint density at radius 3 is 1.82 bits per heavy atom. The van der Waals surface area contributed by atoms with E-state index in [1.807, 2.05) is 13.8 Å². The molecule has 0 aliphatic rings. The summed E-state index contributed by atoms with van der Waals surface area (Å²) in [6.45, 7) is 6.06. The largest absolute Gasteiger partial charge is 0.480 e. The molecule has 0 aliphatic heterocycles. The zero-order chi connectivity index (χ0) is 21.0. The third-order valence-electron chi connectivity index (χ3n) is 5.46. The number of unbranched alkanes of at least 4 members (excludes halogenated alkanes) is 11. The van der Waals surface area contributed by atoms with Crippen LogP contribution < -0.4 is 5.32 Å². The maximum absolute atomic E-state index is 11.9. The lowest BCUT2D eigenvalue weighted by molar-refractivity contribution is -0.143. The summed E-state index contributed by atoms with van der Waals surface area (Å²) >= 11 is 0. The lowest BCUT2D eigenvalue weighted by Gasteiger charge is -2.20. The van der Waals surface area contributed by atoms with Crippen molar-refractivity contribution in [1.82, 2.24) is 5.32 Å². The highest BCUT2D eigenvalue weighted by atomic mass is 16.4. The van der Waals surface area contributed by atoms with Gasteiger partial charge in [-0.05, 0) is 38.0 Å². The van der Waals surface area contributed by atoms with Crippen LogP contribution in [0.2, 0.25) is 0 Å². The predicted molar refractivity (Wildman–Crippen MR) is 118 cm³/mol. The summed E-state index contributed by atoms with van der Waals surface area (Å²) in [7, 11) is 0. The SMILES string of the molecule is CCCCCCCC/C=C\CCCCCCCC(=O)NC(C(=O)O)C(C)CC. The maximum Gasteiger partial charge on any atom is 0.326 e. The molecule has 0 saturated heterocycles. The van der Waals surface area contributed by atoms with Crippen molar-refractivity contribution in [2.75, 3.05) is 0 Å². The number of hydrogen-bond acceptors (Lipinski definition) is 2. The normalized spacial score (nSPS) is 13.5. The van der Waals surface area contributed by atoms with Gasteiger partial charge in [0.1, 0.15) is 6.04 Å². The molecule has 2 N–H and O–H groups in total. The predicted octanol–water partition coefficient (Wildman–Crippen LogP) is 6.64. The monoisotopic (exact) mass is 395 g/mol. The molecule has 0 aromatic rings. The Morgan fingerprint density at radius 2 is 1.32 bits per heavy atom. The van der Waals surface area contributed by atoms with Crippen molar-refractivity contribution in [2.45, 2.75) is 123 Å². The van der Waals surface area contributed by atoms with E-state index in [2.05, 4.69) is 24.4 Å². The molecule has 0 spiro atoms. The van der Waals surface area contributed by atoms with Gasteiger partial charge >= 0.3 is 5.97 Å². The molecule has 0 radical (unpaired) electrons. The molecule has 2 atom stereocenters. The first kappa shape index (κ1) is 26.7. The Hall–Kier alpha value is -1.32. The van der Waals surface area contributed by atoms with Gasteiger partial charge in [-0.2, -0.15) is 0 Å². The van der Waals surface area contributed by atoms with E-state index >= 15 is 0 Å². The molecular weight excluding hydrogens is 350 g/mol. The highest BCUT2D eigenvalue weighted by Gasteiger charge is 2.24. The standard InChI is InChI=1S/C24H45NO3/c1-4-6-7-8-9-10-11-12-13-14-15-16-17-18-19-20-22(26)25-23(24(27)28)21(3)5-2/h12-13,21,23H,4-11,14-20H2,1-3H3,(H,25,26)(H,27,28)/b13-12-. The quantitative estimate of drug-likeness (QED) is 0.190. The molecule has 0 heterocycles. The number of carbonyl (C=O) groups excluding carboxylic acids is 1. The fraction of sp³-hybridized carbons (Fsp3) is 0.833. The molecular formula is C24H45NO3. The van der Waals surface area contributed by atoms with Gasteiger partial charge < -0.3 is 10.4 Å². The molecule has 2 unspecified atom stereocenters. The number of carbonyl (C=O) groups is 2. The van der Waals surface area contributed by atoms with Crippen LogP contribution in [-0.2, 0) is 9.59 Å². The Bertz CT molecular complexity index is 420. The second kappa shape index (κ2) is 19.0. The zero-order valence-corrected chi connectivity index (χ0v) is 18.7. The lowest BCUT2D eigenvalue weighted by Crippen LogP contribution is -2.44. The summed E-state index contributed by atoms with van der Waals surface area (Å²) in [4.78, 5) is 23.2. The van der Waals surface area contributed by atoms with Gasteiger partial charge in [0.2, 0.25) is 5.91 Å². The maximum atomic E-state index is 11.9. The van der Waals surface area contributed by atoms with Crippen LogP contribution in [0.25, 0.3) is 0 Å². The molecule has 0 aromatic carbocycles. The number of carboxylic acid groups (broad SMARTS) is 1. The van der Waals surface area contributed by atoms with E-state index in [9.17, 15) is 14.7 Å². The molecule has 0 saturated carbocycles. The van der Waals surface area contributed by atoms with Crippen molar-refractivity contribution in [3.63, 3.8) is 0 Å². The van der Waals surface area contributed by atoms with Crippen molar-refractivity contribution in [1.29, 1.82) is 0 Å². The number of carboxylic acids is 1. The summed E-state index contributed by atoms with van der Waals surface area (Å²) < 4.78 is 0. The van der Waals surface area contributed by atoms with Gasteiger partial charge in [0.05, 0.1) is 0 Å². The molecule has 164 valence electrons. The first-order valence-corrected chi connectivity index (χ1v) is 11.7. The van der Waals surface area contributed by atoms with Gasteiger partial charge in [-0.1, -0.05) is 90.7 Å². The third-order valence-corrected chi connectivity index (χ3v) is 5.46. The first-order chi connectivity index (χ1) is 13.5. The van der Waals surface area contributed by atoms with E-state index in [4.69, 9.17) is 0 Å². The number of rotatable bonds is 19. The van der Waals surface area contributed by atoms with E-state index in [0.717, 1.165) is 32.1 Å². The van der Waals surface area contributed by atoms with Crippen molar-refractivity contribution in [2.24, 2.45) is 5.92 Å². The number of nitrogens with one attached hydrogen (secondary N) is 1. The average Bonchev–Trinajstić information content (AvgIpc) is 2.68. The number of amides is 1. The van der Waals surface area contributed by atoms with Crippen LogP contribution in [0, 0.1) is 5.92 Å². The van der Waals surface area contributed by atoms with Gasteiger partial charge in [-0.3, -0.25) is 4.79 Å². The third kappa shape index (κ3) is 15.7. The summed E-state index contributed by atoms with van der Waals surface area (Å²) in [6.07, 6.45) is 21.8. The van der Waals surface area contributed by atoms with Crippen LogP contribution in [0.4, 0.5) is 0 Å². The molecule has 0 aromatic heterocycles. The van der Waals surface area contributed by atoms with E-state index in [0.29, 0.717) is 6.42 Å². The topological polar surface area (TPSA) is 66.4 Å². The van der Waals surface area contributed by atoms with E-state index in [-0.39, 0.29) is 11.8 Å². The van der Waals surface area contributed by atoms with Crippen molar-refractivity contribution in [3.05, 3.63) is 12.2 Å². The summed E-state index contributed by atoms with van der Waals surface area (Å²) in [5.74, 6) is -1.12. The smallest absolute Gasteiger partial charge is 0.326 e. The average molecular weight is 396 g/mol. The van der Waals surface area contributed by atoms with Crippen LogP contribution in [0.3, 0.4) is 0 Å². The molecule has 4 nitrogen and oxygen atoms in total. The highest BCUT2D eigenvalue weighted by molar-refractivity contribution is 5.83. The van der Waals surface area contributed by atoms with Gasteiger partial charge in [-0.25, -0.2) is 4.79 Å². The number of aliphatic carboxylic acids is 1. The Kier molecular flexibility index (Phi) is 18.1. The van der Waals surface area contributed by atoms with E-state index in [1.165, 1.54) is 57.8 Å². The fourth-order valence-electron chi connectivity index (χ4n) is 3.28. The van der Waals surface area contributed by atoms with Crippen molar-refractivity contribution >= 4 is 11.9 Å². The molecule has 28 heavy (non-hydrogen) atoms. The van der Waals surface area contributed by atoms with Gasteiger partial charge in [0, 0.05) is 6.42 Å². The molecule has 0 rings (SSSR count). The van der Waals surface area contributed by atoms with Crippen LogP contribution in [0.5, 0.6) is 0 Å². The van der Waals surface area contributed by atoms with E-state index in [1.54, 1.807) is 0 Å². The van der Waals surface area contributed by atoms with Crippen LogP contribution >= 0.6 is 0 Å². The van der Waals surface area contributed by atoms with Gasteiger partial charge in [-0.15, -0.1) is 0 Å². The molecule has 4 heteroatoms. The van der Waals surface area contributed by atoms with Gasteiger partial charge in [0.25, 0.3) is 0 Å². The van der Waals surface area contributed by atoms with Crippen LogP contribution in [0.15, 0.2) is 12.2 Å². The lowest BCUT2D eigenvalue weighted by atomic mass is 9.99. The second-order valence-electron chi connectivity index (χ2n) is 8.10. The highest BCUT2D eigenvalue weighted by Crippen LogP contribution is 2.11. The van der Waals surface area contributed by atoms with Gasteiger partial charge in [0.15, 0.2) is 0 Å². The summed E-state index contributed by atoms with van der Waals surface area (Å²) in [6, 6.07) is -0.763. The summed E-state index contributed by atoms with van der Waals surface area (Å²) in [5, 5.41) is 11.9. The molecule has 0 fully saturated rings. The zero-order valence-electron chi connectivity index (χ0n) is 18.7. The summed E-state index contributed by atoms with van der Waals surface area (Å²) in [5.41, 5.74) is 0. The van der Waals surface area contributed by atoms with Crippen molar-refractivity contribution in [3.8, 4) is 0 Å². The first-order valence-electron chi connectivity index (χ1n) is 11.7. The number of allylic oxidation sites excluding steroid dienone is 2. The Balaban J connectivity index is 3.52. The molecule has 1 amide bonds.